The lowest BCUT2D eigenvalue weighted by Crippen LogP contribution is -2.43. The van der Waals surface area contributed by atoms with Crippen molar-refractivity contribution in [2.24, 2.45) is 11.7 Å². The van der Waals surface area contributed by atoms with Gasteiger partial charge in [0.05, 0.1) is 11.5 Å². The zero-order valence-electron chi connectivity index (χ0n) is 15.3. The summed E-state index contributed by atoms with van der Waals surface area (Å²) in [6.45, 7) is 0.314. The number of carbonyl (C=O) groups excluding carboxylic acids is 2. The Labute approximate surface area is 167 Å². The number of hydrogen-bond donors (Lipinski definition) is 3. The van der Waals surface area contributed by atoms with E-state index in [-0.39, 0.29) is 5.97 Å². The maximum absolute atomic E-state index is 11.6. The van der Waals surface area contributed by atoms with Crippen molar-refractivity contribution < 1.29 is 29.3 Å². The average Bonchev–Trinajstić information content (AvgIpc) is 2.74. The van der Waals surface area contributed by atoms with Gasteiger partial charge in [-0.3, -0.25) is 4.79 Å². The standard InChI is InChI=1S/C14H12O2.C6H11NO4S/c15-14(13-9-5-2-6-10-13)16-11-12-7-3-1-4-8-12;1-12-6(11)3(2-8)4(7)5(9)10/h1-10H,11H2;2-4,6,11H,7H2,1H3,(H,9,10)/t;3?,4-,6?/m.0/s1. The minimum Gasteiger partial charge on any atom is -0.480 e. The largest absolute Gasteiger partial charge is 0.480 e. The SMILES string of the molecule is CSC(O)C(C=O)[C@H](N)C(=O)O.O=C(OCc1ccccc1)c1ccccc1. The fraction of sp³-hybridized carbons (Fsp3) is 0.250. The highest BCUT2D eigenvalue weighted by atomic mass is 32.2. The van der Waals surface area contributed by atoms with E-state index in [1.807, 2.05) is 48.5 Å². The first kappa shape index (κ1) is 23.4. The summed E-state index contributed by atoms with van der Waals surface area (Å²) >= 11 is 0.984. The number of ether oxygens (including phenoxy) is 1. The van der Waals surface area contributed by atoms with Crippen LogP contribution in [0, 0.1) is 5.92 Å². The van der Waals surface area contributed by atoms with Crippen molar-refractivity contribution in [1.29, 1.82) is 0 Å². The molecule has 150 valence electrons. The zero-order valence-corrected chi connectivity index (χ0v) is 16.1. The number of aliphatic hydroxyl groups is 1. The molecular weight excluding hydrogens is 382 g/mol. The van der Waals surface area contributed by atoms with E-state index in [1.165, 1.54) is 0 Å². The van der Waals surface area contributed by atoms with E-state index in [2.05, 4.69) is 0 Å². The molecule has 0 heterocycles. The lowest BCUT2D eigenvalue weighted by molar-refractivity contribution is -0.142. The van der Waals surface area contributed by atoms with E-state index < -0.39 is 23.4 Å². The minimum absolute atomic E-state index is 0.288. The van der Waals surface area contributed by atoms with Gasteiger partial charge in [0.1, 0.15) is 24.4 Å². The summed E-state index contributed by atoms with van der Waals surface area (Å²) in [5.74, 6) is -2.64. The van der Waals surface area contributed by atoms with Crippen LogP contribution in [0.1, 0.15) is 15.9 Å². The maximum Gasteiger partial charge on any atom is 0.338 e. The number of thioether (sulfide) groups is 1. The summed E-state index contributed by atoms with van der Waals surface area (Å²) < 4.78 is 5.18. The van der Waals surface area contributed by atoms with Gasteiger partial charge in [0.15, 0.2) is 0 Å². The zero-order chi connectivity index (χ0) is 20.9. The van der Waals surface area contributed by atoms with Gasteiger partial charge in [0, 0.05) is 0 Å². The Hall–Kier alpha value is -2.68. The summed E-state index contributed by atoms with van der Waals surface area (Å²) in [5.41, 5.74) is 5.66. The minimum atomic E-state index is -1.34. The van der Waals surface area contributed by atoms with Crippen LogP contribution in [-0.2, 0) is 20.9 Å². The second-order valence-corrected chi connectivity index (χ2v) is 6.59. The van der Waals surface area contributed by atoms with E-state index in [1.54, 1.807) is 18.4 Å². The fourth-order valence-corrected chi connectivity index (χ4v) is 2.58. The van der Waals surface area contributed by atoms with Crippen LogP contribution >= 0.6 is 11.8 Å². The Morgan fingerprint density at radius 1 is 1.11 bits per heavy atom. The summed E-state index contributed by atoms with van der Waals surface area (Å²) in [6, 6.07) is 17.3. The van der Waals surface area contributed by atoms with Gasteiger partial charge in [-0.05, 0) is 24.0 Å². The smallest absolute Gasteiger partial charge is 0.338 e. The van der Waals surface area contributed by atoms with Crippen molar-refractivity contribution in [3.63, 3.8) is 0 Å². The Morgan fingerprint density at radius 3 is 2.11 bits per heavy atom. The first-order valence-electron chi connectivity index (χ1n) is 8.31. The quantitative estimate of drug-likeness (QED) is 0.345. The first-order chi connectivity index (χ1) is 13.4. The van der Waals surface area contributed by atoms with Crippen LogP contribution < -0.4 is 5.73 Å². The molecule has 2 rings (SSSR count). The number of esters is 1. The first-order valence-corrected chi connectivity index (χ1v) is 9.60. The molecule has 0 aliphatic rings. The molecule has 4 N–H and O–H groups in total. The van der Waals surface area contributed by atoms with Gasteiger partial charge >= 0.3 is 11.9 Å². The van der Waals surface area contributed by atoms with Crippen LogP contribution in [0.25, 0.3) is 0 Å². The molecule has 2 aromatic rings. The topological polar surface area (TPSA) is 127 Å². The number of aldehydes is 1. The molecule has 0 aromatic heterocycles. The lowest BCUT2D eigenvalue weighted by atomic mass is 10.0. The van der Waals surface area contributed by atoms with Gasteiger partial charge in [0.2, 0.25) is 0 Å². The van der Waals surface area contributed by atoms with Crippen LogP contribution in [0.4, 0.5) is 0 Å². The molecule has 0 fully saturated rings. The summed E-state index contributed by atoms with van der Waals surface area (Å²) in [5, 5.41) is 17.5. The molecule has 2 unspecified atom stereocenters. The van der Waals surface area contributed by atoms with Crippen LogP contribution in [-0.4, -0.2) is 46.2 Å². The van der Waals surface area contributed by atoms with Crippen molar-refractivity contribution in [2.45, 2.75) is 18.1 Å². The molecule has 2 aromatic carbocycles. The Morgan fingerprint density at radius 2 is 1.64 bits per heavy atom. The van der Waals surface area contributed by atoms with Crippen molar-refractivity contribution in [1.82, 2.24) is 0 Å². The van der Waals surface area contributed by atoms with Crippen molar-refractivity contribution in [3.05, 3.63) is 71.8 Å². The average molecular weight is 405 g/mol. The third-order valence-corrected chi connectivity index (χ3v) is 4.45. The molecule has 0 saturated carbocycles. The van der Waals surface area contributed by atoms with Crippen LogP contribution in [0.15, 0.2) is 60.7 Å². The Bertz CT molecular complexity index is 741. The molecule has 7 nitrogen and oxygen atoms in total. The lowest BCUT2D eigenvalue weighted by Gasteiger charge is -2.18. The molecule has 0 radical (unpaired) electrons. The number of aliphatic carboxylic acids is 1. The molecule has 0 spiro atoms. The van der Waals surface area contributed by atoms with Crippen LogP contribution in [0.5, 0.6) is 0 Å². The number of aliphatic hydroxyl groups excluding tert-OH is 1. The highest BCUT2D eigenvalue weighted by Gasteiger charge is 2.29. The number of benzene rings is 2. The van der Waals surface area contributed by atoms with Gasteiger partial charge in [-0.25, -0.2) is 4.79 Å². The number of nitrogens with two attached hydrogens (primary N) is 1. The predicted octanol–water partition coefficient (Wildman–Crippen LogP) is 1.94. The molecule has 0 bridgehead atoms. The third kappa shape index (κ3) is 7.91. The van der Waals surface area contributed by atoms with Crippen molar-refractivity contribution >= 4 is 30.0 Å². The highest BCUT2D eigenvalue weighted by Crippen LogP contribution is 2.15. The summed E-state index contributed by atoms with van der Waals surface area (Å²) in [7, 11) is 0. The Balaban J connectivity index is 0.000000295. The molecular formula is C20H23NO6S. The molecule has 3 atom stereocenters. The summed E-state index contributed by atoms with van der Waals surface area (Å²) in [6.07, 6.45) is 1.93. The molecule has 0 amide bonds. The van der Waals surface area contributed by atoms with Gasteiger partial charge in [-0.15, -0.1) is 11.8 Å². The normalized spacial score (nSPS) is 13.2. The third-order valence-electron chi connectivity index (χ3n) is 3.65. The number of rotatable bonds is 8. The van der Waals surface area contributed by atoms with E-state index in [4.69, 9.17) is 20.7 Å². The molecule has 0 aliphatic carbocycles. The van der Waals surface area contributed by atoms with Crippen molar-refractivity contribution in [2.75, 3.05) is 6.26 Å². The van der Waals surface area contributed by atoms with Gasteiger partial charge in [0.25, 0.3) is 0 Å². The van der Waals surface area contributed by atoms with Gasteiger partial charge in [-0.1, -0.05) is 48.5 Å². The second-order valence-electron chi connectivity index (χ2n) is 5.63. The monoisotopic (exact) mass is 405 g/mol. The van der Waals surface area contributed by atoms with Gasteiger partial charge < -0.3 is 25.5 Å². The van der Waals surface area contributed by atoms with E-state index >= 15 is 0 Å². The predicted molar refractivity (Wildman–Crippen MR) is 107 cm³/mol. The van der Waals surface area contributed by atoms with Crippen LogP contribution in [0.2, 0.25) is 0 Å². The molecule has 8 heteroatoms. The van der Waals surface area contributed by atoms with E-state index in [9.17, 15) is 14.4 Å². The fourth-order valence-electron chi connectivity index (χ4n) is 2.03. The van der Waals surface area contributed by atoms with E-state index in [0.29, 0.717) is 18.5 Å². The summed E-state index contributed by atoms with van der Waals surface area (Å²) in [4.78, 5) is 32.2. The number of hydrogen-bond acceptors (Lipinski definition) is 7. The second kappa shape index (κ2) is 12.7. The highest BCUT2D eigenvalue weighted by molar-refractivity contribution is 7.99. The Kier molecular flexibility index (Phi) is 10.6. The maximum atomic E-state index is 11.6. The molecule has 0 aliphatic heterocycles. The number of carbonyl (C=O) groups is 3. The van der Waals surface area contributed by atoms with Crippen molar-refractivity contribution in [3.8, 4) is 0 Å². The van der Waals surface area contributed by atoms with Gasteiger partial charge in [-0.2, -0.15) is 0 Å². The van der Waals surface area contributed by atoms with E-state index in [0.717, 1.165) is 17.3 Å². The van der Waals surface area contributed by atoms with Crippen LogP contribution in [0.3, 0.4) is 0 Å². The molecule has 28 heavy (non-hydrogen) atoms. The number of carboxylic acids is 1. The number of carboxylic acid groups (broad SMARTS) is 1. The molecule has 0 saturated heterocycles.